The van der Waals surface area contributed by atoms with Crippen LogP contribution < -0.4 is 5.32 Å². The molecule has 6 heteroatoms. The Labute approximate surface area is 159 Å². The standard InChI is InChI=1S/C21H16FN3OS/c22-16-3-8-19-15(10-16)11-20(25-19)21(26)24-17-4-6-18(7-5-17)27-13-14-2-1-9-23-12-14/h1-12,25H,13H2,(H,24,26). The van der Waals surface area contributed by atoms with Crippen molar-refractivity contribution in [3.63, 3.8) is 0 Å². The van der Waals surface area contributed by atoms with Crippen LogP contribution in [0.1, 0.15) is 16.1 Å². The molecule has 4 nitrogen and oxygen atoms in total. The number of benzene rings is 2. The van der Waals surface area contributed by atoms with Gasteiger partial charge in [0.1, 0.15) is 11.5 Å². The summed E-state index contributed by atoms with van der Waals surface area (Å²) in [5.74, 6) is 0.251. The van der Waals surface area contributed by atoms with Crippen LogP contribution in [0.2, 0.25) is 0 Å². The maximum absolute atomic E-state index is 13.3. The molecule has 0 aliphatic carbocycles. The average Bonchev–Trinajstić information content (AvgIpc) is 3.11. The number of rotatable bonds is 5. The monoisotopic (exact) mass is 377 g/mol. The van der Waals surface area contributed by atoms with E-state index in [2.05, 4.69) is 15.3 Å². The predicted molar refractivity (Wildman–Crippen MR) is 106 cm³/mol. The Bertz CT molecular complexity index is 1080. The van der Waals surface area contributed by atoms with E-state index in [1.54, 1.807) is 30.1 Å². The molecular weight excluding hydrogens is 361 g/mol. The molecule has 0 saturated heterocycles. The highest BCUT2D eigenvalue weighted by Crippen LogP contribution is 2.24. The molecule has 1 amide bonds. The number of hydrogen-bond acceptors (Lipinski definition) is 3. The first-order valence-corrected chi connectivity index (χ1v) is 9.37. The van der Waals surface area contributed by atoms with Crippen molar-refractivity contribution in [3.8, 4) is 0 Å². The van der Waals surface area contributed by atoms with Crippen molar-refractivity contribution in [2.24, 2.45) is 0 Å². The summed E-state index contributed by atoms with van der Waals surface area (Å²) in [7, 11) is 0. The molecule has 0 aliphatic heterocycles. The summed E-state index contributed by atoms with van der Waals surface area (Å²) in [6.45, 7) is 0. The first-order chi connectivity index (χ1) is 13.2. The van der Waals surface area contributed by atoms with E-state index in [0.29, 0.717) is 16.8 Å². The number of anilines is 1. The average molecular weight is 377 g/mol. The van der Waals surface area contributed by atoms with Gasteiger partial charge in [-0.05, 0) is 60.2 Å². The number of halogens is 1. The lowest BCUT2D eigenvalue weighted by molar-refractivity contribution is 0.102. The Morgan fingerprint density at radius 1 is 1.11 bits per heavy atom. The van der Waals surface area contributed by atoms with Gasteiger partial charge in [-0.2, -0.15) is 0 Å². The summed E-state index contributed by atoms with van der Waals surface area (Å²) in [6.07, 6.45) is 3.61. The molecule has 4 rings (SSSR count). The minimum Gasteiger partial charge on any atom is -0.351 e. The van der Waals surface area contributed by atoms with Gasteiger partial charge >= 0.3 is 0 Å². The maximum Gasteiger partial charge on any atom is 0.272 e. The third kappa shape index (κ3) is 4.17. The number of carbonyl (C=O) groups excluding carboxylic acids is 1. The van der Waals surface area contributed by atoms with Gasteiger partial charge in [-0.15, -0.1) is 11.8 Å². The Morgan fingerprint density at radius 3 is 2.74 bits per heavy atom. The van der Waals surface area contributed by atoms with Gasteiger partial charge in [0.15, 0.2) is 0 Å². The number of carbonyl (C=O) groups is 1. The van der Waals surface area contributed by atoms with E-state index >= 15 is 0 Å². The Morgan fingerprint density at radius 2 is 1.96 bits per heavy atom. The number of nitrogens with one attached hydrogen (secondary N) is 2. The number of thioether (sulfide) groups is 1. The molecule has 2 aromatic carbocycles. The van der Waals surface area contributed by atoms with E-state index in [1.807, 2.05) is 42.6 Å². The minimum absolute atomic E-state index is 0.262. The number of pyridine rings is 1. The zero-order valence-electron chi connectivity index (χ0n) is 14.3. The number of aromatic amines is 1. The molecule has 0 aliphatic rings. The van der Waals surface area contributed by atoms with Crippen molar-refractivity contribution in [1.82, 2.24) is 9.97 Å². The number of hydrogen-bond donors (Lipinski definition) is 2. The molecule has 0 atom stereocenters. The molecule has 27 heavy (non-hydrogen) atoms. The molecule has 134 valence electrons. The normalized spacial score (nSPS) is 10.9. The van der Waals surface area contributed by atoms with E-state index < -0.39 is 0 Å². The highest BCUT2D eigenvalue weighted by molar-refractivity contribution is 7.98. The van der Waals surface area contributed by atoms with Gasteiger partial charge in [-0.1, -0.05) is 6.07 Å². The van der Waals surface area contributed by atoms with E-state index in [0.717, 1.165) is 21.7 Å². The molecule has 0 unspecified atom stereocenters. The minimum atomic E-state index is -0.326. The van der Waals surface area contributed by atoms with Crippen LogP contribution >= 0.6 is 11.8 Å². The van der Waals surface area contributed by atoms with Crippen LogP contribution in [0.3, 0.4) is 0 Å². The Balaban J connectivity index is 1.40. The van der Waals surface area contributed by atoms with Crippen LogP contribution in [-0.4, -0.2) is 15.9 Å². The highest BCUT2D eigenvalue weighted by atomic mass is 32.2. The zero-order valence-corrected chi connectivity index (χ0v) is 15.1. The summed E-state index contributed by atoms with van der Waals surface area (Å²) in [4.78, 5) is 20.6. The first-order valence-electron chi connectivity index (χ1n) is 8.39. The summed E-state index contributed by atoms with van der Waals surface area (Å²) in [6, 6.07) is 17.7. The summed E-state index contributed by atoms with van der Waals surface area (Å²) in [5, 5.41) is 3.52. The lowest BCUT2D eigenvalue weighted by Crippen LogP contribution is -2.11. The number of aromatic nitrogens is 2. The lowest BCUT2D eigenvalue weighted by Gasteiger charge is -2.06. The van der Waals surface area contributed by atoms with Crippen LogP contribution in [0.4, 0.5) is 10.1 Å². The smallest absolute Gasteiger partial charge is 0.272 e. The third-order valence-corrected chi connectivity index (χ3v) is 5.15. The van der Waals surface area contributed by atoms with E-state index in [1.165, 1.54) is 12.1 Å². The maximum atomic E-state index is 13.3. The SMILES string of the molecule is O=C(Nc1ccc(SCc2cccnc2)cc1)c1cc2cc(F)ccc2[nH]1. The van der Waals surface area contributed by atoms with E-state index in [4.69, 9.17) is 0 Å². The largest absolute Gasteiger partial charge is 0.351 e. The molecule has 0 bridgehead atoms. The van der Waals surface area contributed by atoms with Crippen LogP contribution in [0.15, 0.2) is 78.0 Å². The topological polar surface area (TPSA) is 57.8 Å². The number of nitrogens with zero attached hydrogens (tertiary/aromatic N) is 1. The van der Waals surface area contributed by atoms with Crippen LogP contribution in [0.25, 0.3) is 10.9 Å². The van der Waals surface area contributed by atoms with Gasteiger partial charge in [0.05, 0.1) is 0 Å². The molecule has 0 fully saturated rings. The van der Waals surface area contributed by atoms with Crippen molar-refractivity contribution < 1.29 is 9.18 Å². The van der Waals surface area contributed by atoms with Gasteiger partial charge < -0.3 is 10.3 Å². The van der Waals surface area contributed by atoms with Gasteiger partial charge in [-0.3, -0.25) is 9.78 Å². The van der Waals surface area contributed by atoms with Crippen LogP contribution in [-0.2, 0) is 5.75 Å². The molecule has 0 radical (unpaired) electrons. The summed E-state index contributed by atoms with van der Waals surface area (Å²) in [5.41, 5.74) is 2.99. The second kappa shape index (κ2) is 7.63. The second-order valence-electron chi connectivity index (χ2n) is 6.04. The van der Waals surface area contributed by atoms with Crippen molar-refractivity contribution in [1.29, 1.82) is 0 Å². The number of amides is 1. The van der Waals surface area contributed by atoms with E-state index in [9.17, 15) is 9.18 Å². The molecular formula is C21H16FN3OS. The Kier molecular flexibility index (Phi) is 4.89. The van der Waals surface area contributed by atoms with Crippen molar-refractivity contribution in [3.05, 3.63) is 90.1 Å². The lowest BCUT2D eigenvalue weighted by atomic mass is 10.2. The van der Waals surface area contributed by atoms with Crippen LogP contribution in [0.5, 0.6) is 0 Å². The fourth-order valence-corrected chi connectivity index (χ4v) is 3.54. The molecule has 2 aromatic heterocycles. The Hall–Kier alpha value is -3.12. The number of H-pyrrole nitrogens is 1. The van der Waals surface area contributed by atoms with E-state index in [-0.39, 0.29) is 11.7 Å². The summed E-state index contributed by atoms with van der Waals surface area (Å²) >= 11 is 1.71. The molecule has 0 saturated carbocycles. The number of fused-ring (bicyclic) bond motifs is 1. The van der Waals surface area contributed by atoms with Gasteiger partial charge in [0.25, 0.3) is 5.91 Å². The van der Waals surface area contributed by atoms with Crippen LogP contribution in [0, 0.1) is 5.82 Å². The fraction of sp³-hybridized carbons (Fsp3) is 0.0476. The van der Waals surface area contributed by atoms with Gasteiger partial charge in [-0.25, -0.2) is 4.39 Å². The molecule has 0 spiro atoms. The van der Waals surface area contributed by atoms with Gasteiger partial charge in [0, 0.05) is 39.6 Å². The highest BCUT2D eigenvalue weighted by Gasteiger charge is 2.10. The predicted octanol–water partition coefficient (Wildman–Crippen LogP) is 5.25. The first kappa shape index (κ1) is 17.3. The molecule has 4 aromatic rings. The molecule has 2 N–H and O–H groups in total. The molecule has 2 heterocycles. The third-order valence-electron chi connectivity index (χ3n) is 4.07. The fourth-order valence-electron chi connectivity index (χ4n) is 2.71. The zero-order chi connectivity index (χ0) is 18.6. The van der Waals surface area contributed by atoms with Crippen molar-refractivity contribution in [2.45, 2.75) is 10.6 Å². The van der Waals surface area contributed by atoms with Crippen molar-refractivity contribution >= 4 is 34.3 Å². The second-order valence-corrected chi connectivity index (χ2v) is 7.09. The quantitative estimate of drug-likeness (QED) is 0.467. The summed E-state index contributed by atoms with van der Waals surface area (Å²) < 4.78 is 13.3. The van der Waals surface area contributed by atoms with Gasteiger partial charge in [0.2, 0.25) is 0 Å². The van der Waals surface area contributed by atoms with Crippen molar-refractivity contribution in [2.75, 3.05) is 5.32 Å².